The Bertz CT molecular complexity index is 823. The standard InChI is InChI=1S/C17H21N5O5/c18-13-14(16(19)24)21-27-15(13)17(25)22(8-11-6-3-7-26-11)9-12(23)20-10-4-1-2-5-10/h3,6-7,10H,1-2,4-5,8-9,18H2,(H2,19,24)(H,20,23). The molecule has 0 saturated heterocycles. The minimum Gasteiger partial charge on any atom is -0.467 e. The van der Waals surface area contributed by atoms with Gasteiger partial charge in [-0.15, -0.1) is 0 Å². The molecule has 0 unspecified atom stereocenters. The number of amides is 3. The summed E-state index contributed by atoms with van der Waals surface area (Å²) in [6.45, 7) is -0.196. The van der Waals surface area contributed by atoms with E-state index in [1.807, 2.05) is 0 Å². The van der Waals surface area contributed by atoms with Gasteiger partial charge < -0.3 is 30.6 Å². The summed E-state index contributed by atoms with van der Waals surface area (Å²) < 4.78 is 10.2. The van der Waals surface area contributed by atoms with E-state index in [-0.39, 0.29) is 42.2 Å². The summed E-state index contributed by atoms with van der Waals surface area (Å²) in [6.07, 6.45) is 5.46. The van der Waals surface area contributed by atoms with Crippen molar-refractivity contribution in [1.29, 1.82) is 0 Å². The van der Waals surface area contributed by atoms with E-state index in [4.69, 9.17) is 20.4 Å². The number of primary amides is 1. The van der Waals surface area contributed by atoms with Crippen LogP contribution in [0.15, 0.2) is 27.3 Å². The minimum atomic E-state index is -0.910. The lowest BCUT2D eigenvalue weighted by atomic mass is 10.2. The zero-order valence-corrected chi connectivity index (χ0v) is 14.6. The van der Waals surface area contributed by atoms with Crippen LogP contribution in [0.1, 0.15) is 52.5 Å². The van der Waals surface area contributed by atoms with Crippen LogP contribution in [0, 0.1) is 0 Å². The van der Waals surface area contributed by atoms with Gasteiger partial charge in [-0.2, -0.15) is 0 Å². The third-order valence-corrected chi connectivity index (χ3v) is 4.42. The number of hydrogen-bond acceptors (Lipinski definition) is 7. The fraction of sp³-hybridized carbons (Fsp3) is 0.412. The van der Waals surface area contributed by atoms with E-state index in [2.05, 4.69) is 10.5 Å². The fourth-order valence-corrected chi connectivity index (χ4v) is 3.08. The maximum atomic E-state index is 12.8. The first-order valence-corrected chi connectivity index (χ1v) is 8.61. The molecule has 1 saturated carbocycles. The van der Waals surface area contributed by atoms with Crippen molar-refractivity contribution in [3.05, 3.63) is 35.6 Å². The number of nitrogens with zero attached hydrogens (tertiary/aromatic N) is 2. The molecule has 0 aliphatic heterocycles. The Hall–Kier alpha value is -3.30. The summed E-state index contributed by atoms with van der Waals surface area (Å²) in [5.74, 6) is -1.76. The van der Waals surface area contributed by atoms with Crippen molar-refractivity contribution in [3.63, 3.8) is 0 Å². The van der Waals surface area contributed by atoms with Gasteiger partial charge in [-0.25, -0.2) is 0 Å². The summed E-state index contributed by atoms with van der Waals surface area (Å²) >= 11 is 0. The molecule has 1 aliphatic rings. The Morgan fingerprint density at radius 3 is 2.63 bits per heavy atom. The highest BCUT2D eigenvalue weighted by atomic mass is 16.5. The molecular weight excluding hydrogens is 354 g/mol. The molecule has 10 nitrogen and oxygen atoms in total. The first-order valence-electron chi connectivity index (χ1n) is 8.61. The van der Waals surface area contributed by atoms with Crippen molar-refractivity contribution in [2.75, 3.05) is 12.3 Å². The van der Waals surface area contributed by atoms with Gasteiger partial charge in [-0.1, -0.05) is 18.0 Å². The van der Waals surface area contributed by atoms with Crippen molar-refractivity contribution in [1.82, 2.24) is 15.4 Å². The van der Waals surface area contributed by atoms with E-state index < -0.39 is 11.8 Å². The van der Waals surface area contributed by atoms with Gasteiger partial charge in [0.05, 0.1) is 12.8 Å². The van der Waals surface area contributed by atoms with E-state index in [9.17, 15) is 14.4 Å². The average molecular weight is 375 g/mol. The van der Waals surface area contributed by atoms with Crippen LogP contribution < -0.4 is 16.8 Å². The smallest absolute Gasteiger partial charge is 0.295 e. The molecule has 0 spiro atoms. The third-order valence-electron chi connectivity index (χ3n) is 4.42. The topological polar surface area (TPSA) is 158 Å². The molecule has 2 aromatic heterocycles. The normalized spacial score (nSPS) is 14.2. The number of rotatable bonds is 7. The predicted octanol–water partition coefficient (Wildman–Crippen LogP) is 0.650. The van der Waals surface area contributed by atoms with E-state index in [0.717, 1.165) is 25.7 Å². The predicted molar refractivity (Wildman–Crippen MR) is 93.3 cm³/mol. The first kappa shape index (κ1) is 18.5. The van der Waals surface area contributed by atoms with Crippen molar-refractivity contribution < 1.29 is 23.3 Å². The number of furan rings is 1. The van der Waals surface area contributed by atoms with Crippen molar-refractivity contribution in [3.8, 4) is 0 Å². The second-order valence-electron chi connectivity index (χ2n) is 6.43. The molecule has 1 aliphatic carbocycles. The molecule has 2 aromatic rings. The van der Waals surface area contributed by atoms with Gasteiger partial charge in [0.25, 0.3) is 11.8 Å². The van der Waals surface area contributed by atoms with E-state index >= 15 is 0 Å². The van der Waals surface area contributed by atoms with Crippen LogP contribution in [0.2, 0.25) is 0 Å². The average Bonchev–Trinajstić information content (AvgIpc) is 3.35. The maximum Gasteiger partial charge on any atom is 0.295 e. The number of carbonyl (C=O) groups is 3. The number of nitrogens with two attached hydrogens (primary N) is 2. The summed E-state index contributed by atoms with van der Waals surface area (Å²) in [6, 6.07) is 3.47. The zero-order valence-electron chi connectivity index (χ0n) is 14.6. The monoisotopic (exact) mass is 375 g/mol. The number of hydrogen-bond donors (Lipinski definition) is 3. The van der Waals surface area contributed by atoms with Crippen LogP contribution in [-0.2, 0) is 11.3 Å². The second-order valence-corrected chi connectivity index (χ2v) is 6.43. The molecule has 0 atom stereocenters. The SMILES string of the molecule is NC(=O)c1noc(C(=O)N(CC(=O)NC2CCCC2)Cc2ccco2)c1N. The third kappa shape index (κ3) is 4.27. The van der Waals surface area contributed by atoms with Crippen LogP contribution in [0.4, 0.5) is 5.69 Å². The van der Waals surface area contributed by atoms with Crippen molar-refractivity contribution >= 4 is 23.4 Å². The second kappa shape index (κ2) is 7.94. The lowest BCUT2D eigenvalue weighted by Gasteiger charge is -2.21. The van der Waals surface area contributed by atoms with Crippen LogP contribution >= 0.6 is 0 Å². The maximum absolute atomic E-state index is 12.8. The molecular formula is C17H21N5O5. The Kier molecular flexibility index (Phi) is 5.43. The molecule has 10 heteroatoms. The summed E-state index contributed by atoms with van der Waals surface area (Å²) in [5.41, 5.74) is 10.3. The molecule has 3 rings (SSSR count). The molecule has 1 fully saturated rings. The van der Waals surface area contributed by atoms with Gasteiger partial charge in [0.15, 0.2) is 5.69 Å². The van der Waals surface area contributed by atoms with Gasteiger partial charge in [0, 0.05) is 6.04 Å². The molecule has 0 aromatic carbocycles. The Balaban J connectivity index is 1.77. The molecule has 3 amide bonds. The van der Waals surface area contributed by atoms with Gasteiger partial charge in [0.1, 0.15) is 18.0 Å². The molecule has 0 bridgehead atoms. The molecule has 5 N–H and O–H groups in total. The van der Waals surface area contributed by atoms with Crippen LogP contribution in [-0.4, -0.2) is 40.4 Å². The number of nitrogen functional groups attached to an aromatic ring is 1. The summed E-state index contributed by atoms with van der Waals surface area (Å²) in [4.78, 5) is 37.7. The van der Waals surface area contributed by atoms with Crippen LogP contribution in [0.3, 0.4) is 0 Å². The number of nitrogens with one attached hydrogen (secondary N) is 1. The lowest BCUT2D eigenvalue weighted by molar-refractivity contribution is -0.122. The van der Waals surface area contributed by atoms with E-state index in [1.165, 1.54) is 11.2 Å². The highest BCUT2D eigenvalue weighted by Gasteiger charge is 2.29. The van der Waals surface area contributed by atoms with Crippen molar-refractivity contribution in [2.24, 2.45) is 5.73 Å². The van der Waals surface area contributed by atoms with Gasteiger partial charge in [0.2, 0.25) is 11.7 Å². The highest BCUT2D eigenvalue weighted by molar-refractivity contribution is 6.04. The van der Waals surface area contributed by atoms with Gasteiger partial charge in [-0.3, -0.25) is 14.4 Å². The largest absolute Gasteiger partial charge is 0.467 e. The lowest BCUT2D eigenvalue weighted by Crippen LogP contribution is -2.43. The number of anilines is 1. The van der Waals surface area contributed by atoms with Crippen molar-refractivity contribution in [2.45, 2.75) is 38.3 Å². The Morgan fingerprint density at radius 1 is 1.30 bits per heavy atom. The highest BCUT2D eigenvalue weighted by Crippen LogP contribution is 2.20. The number of carbonyl (C=O) groups excluding carboxylic acids is 3. The molecule has 2 heterocycles. The van der Waals surface area contributed by atoms with Crippen LogP contribution in [0.5, 0.6) is 0 Å². The molecule has 27 heavy (non-hydrogen) atoms. The van der Waals surface area contributed by atoms with Gasteiger partial charge >= 0.3 is 0 Å². The minimum absolute atomic E-state index is 0.0238. The van der Waals surface area contributed by atoms with Crippen LogP contribution in [0.25, 0.3) is 0 Å². The number of aromatic nitrogens is 1. The molecule has 0 radical (unpaired) electrons. The summed E-state index contributed by atoms with van der Waals surface area (Å²) in [7, 11) is 0. The van der Waals surface area contributed by atoms with E-state index in [0.29, 0.717) is 5.76 Å². The quantitative estimate of drug-likeness (QED) is 0.641. The fourth-order valence-electron chi connectivity index (χ4n) is 3.08. The molecule has 144 valence electrons. The first-order chi connectivity index (χ1) is 13.0. The Labute approximate surface area is 154 Å². The van der Waals surface area contributed by atoms with E-state index in [1.54, 1.807) is 12.1 Å². The zero-order chi connectivity index (χ0) is 19.4. The Morgan fingerprint density at radius 2 is 2.04 bits per heavy atom. The van der Waals surface area contributed by atoms with Gasteiger partial charge in [-0.05, 0) is 25.0 Å². The summed E-state index contributed by atoms with van der Waals surface area (Å²) in [5, 5.41) is 6.35.